The summed E-state index contributed by atoms with van der Waals surface area (Å²) in [5.41, 5.74) is 0. The number of hydrogen-bond donors (Lipinski definition) is 1. The van der Waals surface area contributed by atoms with Gasteiger partial charge in [-0.2, -0.15) is 11.8 Å². The molecule has 1 aromatic heterocycles. The molecule has 0 aliphatic rings. The van der Waals surface area contributed by atoms with Gasteiger partial charge >= 0.3 is 0 Å². The third kappa shape index (κ3) is 6.46. The molecule has 1 N–H and O–H groups in total. The third-order valence-corrected chi connectivity index (χ3v) is 4.25. The summed E-state index contributed by atoms with van der Waals surface area (Å²) in [5.74, 6) is 1.16. The topological polar surface area (TPSA) is 12.0 Å². The number of nitrogens with one attached hydrogen (secondary N) is 1. The van der Waals surface area contributed by atoms with Crippen LogP contribution in [0.5, 0.6) is 0 Å². The van der Waals surface area contributed by atoms with Gasteiger partial charge in [-0.15, -0.1) is 11.3 Å². The number of halogens is 1. The van der Waals surface area contributed by atoms with Gasteiger partial charge in [-0.25, -0.2) is 0 Å². The first-order chi connectivity index (χ1) is 6.97. The Bertz CT molecular complexity index is 291. The fourth-order valence-electron chi connectivity index (χ4n) is 1.09. The van der Waals surface area contributed by atoms with Gasteiger partial charge in [0.25, 0.3) is 0 Å². The zero-order valence-corrected chi connectivity index (χ0v) is 11.9. The fraction of sp³-hybridized carbons (Fsp3) is 0.636. The second kappa shape index (κ2) is 6.14. The summed E-state index contributed by atoms with van der Waals surface area (Å²) in [6.07, 6.45) is 0. The minimum absolute atomic E-state index is 0.369. The van der Waals surface area contributed by atoms with Crippen molar-refractivity contribution in [3.05, 3.63) is 21.3 Å². The highest BCUT2D eigenvalue weighted by Crippen LogP contribution is 2.23. The van der Waals surface area contributed by atoms with Gasteiger partial charge in [0, 0.05) is 28.5 Å². The molecule has 86 valence electrons. The van der Waals surface area contributed by atoms with Gasteiger partial charge in [0.2, 0.25) is 0 Å². The van der Waals surface area contributed by atoms with Crippen molar-refractivity contribution in [1.29, 1.82) is 0 Å². The predicted molar refractivity (Wildman–Crippen MR) is 73.2 cm³/mol. The van der Waals surface area contributed by atoms with Crippen molar-refractivity contribution >= 4 is 34.7 Å². The van der Waals surface area contributed by atoms with Crippen LogP contribution >= 0.6 is 34.7 Å². The Morgan fingerprint density at radius 1 is 1.40 bits per heavy atom. The van der Waals surface area contributed by atoms with Gasteiger partial charge in [0.1, 0.15) is 0 Å². The Morgan fingerprint density at radius 2 is 2.13 bits per heavy atom. The zero-order valence-electron chi connectivity index (χ0n) is 9.47. The van der Waals surface area contributed by atoms with Crippen LogP contribution in [-0.4, -0.2) is 17.0 Å². The molecule has 4 heteroatoms. The molecule has 0 aliphatic heterocycles. The van der Waals surface area contributed by atoms with Crippen molar-refractivity contribution in [2.24, 2.45) is 0 Å². The third-order valence-electron chi connectivity index (χ3n) is 1.74. The van der Waals surface area contributed by atoms with Crippen molar-refractivity contribution in [3.8, 4) is 0 Å². The van der Waals surface area contributed by atoms with Crippen LogP contribution in [0.1, 0.15) is 25.6 Å². The van der Waals surface area contributed by atoms with E-state index in [0.29, 0.717) is 4.75 Å². The summed E-state index contributed by atoms with van der Waals surface area (Å²) in [7, 11) is 0. The van der Waals surface area contributed by atoms with Crippen LogP contribution in [0.4, 0.5) is 0 Å². The second-order valence-electron chi connectivity index (χ2n) is 4.34. The quantitative estimate of drug-likeness (QED) is 0.806. The van der Waals surface area contributed by atoms with E-state index in [9.17, 15) is 0 Å². The lowest BCUT2D eigenvalue weighted by Gasteiger charge is -2.17. The van der Waals surface area contributed by atoms with Gasteiger partial charge < -0.3 is 5.32 Å². The number of rotatable bonds is 5. The summed E-state index contributed by atoms with van der Waals surface area (Å²) in [6.45, 7) is 8.73. The molecular weight excluding hydrogens is 246 g/mol. The maximum Gasteiger partial charge on any atom is 0.0931 e. The number of thiophene rings is 1. The van der Waals surface area contributed by atoms with E-state index in [2.05, 4.69) is 32.2 Å². The molecule has 1 rings (SSSR count). The first-order valence-corrected chi connectivity index (χ1v) is 7.24. The van der Waals surface area contributed by atoms with Crippen molar-refractivity contribution in [2.75, 3.05) is 12.3 Å². The summed E-state index contributed by atoms with van der Waals surface area (Å²) < 4.78 is 1.24. The van der Waals surface area contributed by atoms with Crippen LogP contribution in [-0.2, 0) is 6.54 Å². The fourth-order valence-corrected chi connectivity index (χ4v) is 3.00. The minimum atomic E-state index is 0.369. The van der Waals surface area contributed by atoms with Gasteiger partial charge in [0.05, 0.1) is 4.34 Å². The van der Waals surface area contributed by atoms with Crippen molar-refractivity contribution in [1.82, 2.24) is 5.32 Å². The zero-order chi connectivity index (χ0) is 11.3. The van der Waals surface area contributed by atoms with E-state index < -0.39 is 0 Å². The number of thioether (sulfide) groups is 1. The van der Waals surface area contributed by atoms with Crippen LogP contribution in [0.15, 0.2) is 12.1 Å². The van der Waals surface area contributed by atoms with E-state index in [0.717, 1.165) is 23.2 Å². The summed E-state index contributed by atoms with van der Waals surface area (Å²) in [6, 6.07) is 4.03. The average Bonchev–Trinajstić information content (AvgIpc) is 2.49. The molecule has 1 heterocycles. The van der Waals surface area contributed by atoms with Crippen LogP contribution in [0.2, 0.25) is 4.34 Å². The Hall–Kier alpha value is 0.300. The molecular formula is C11H18ClNS2. The smallest absolute Gasteiger partial charge is 0.0931 e. The van der Waals surface area contributed by atoms with Gasteiger partial charge in [-0.3, -0.25) is 0 Å². The maximum absolute atomic E-state index is 5.85. The first kappa shape index (κ1) is 13.4. The van der Waals surface area contributed by atoms with Gasteiger partial charge in [-0.05, 0) is 12.1 Å². The van der Waals surface area contributed by atoms with E-state index in [4.69, 9.17) is 11.6 Å². The van der Waals surface area contributed by atoms with Crippen LogP contribution < -0.4 is 5.32 Å². The lowest BCUT2D eigenvalue weighted by atomic mass is 10.3. The second-order valence-corrected chi connectivity index (χ2v) is 8.06. The highest BCUT2D eigenvalue weighted by Gasteiger charge is 2.09. The molecule has 15 heavy (non-hydrogen) atoms. The predicted octanol–water partition coefficient (Wildman–Crippen LogP) is 4.02. The summed E-state index contributed by atoms with van der Waals surface area (Å²) in [5, 5.41) is 3.42. The maximum atomic E-state index is 5.85. The molecule has 0 spiro atoms. The van der Waals surface area contributed by atoms with Crippen LogP contribution in [0, 0.1) is 0 Å². The Balaban J connectivity index is 2.07. The molecule has 0 atom stereocenters. The van der Waals surface area contributed by atoms with Crippen molar-refractivity contribution < 1.29 is 0 Å². The molecule has 0 radical (unpaired) electrons. The molecule has 0 saturated carbocycles. The molecule has 0 bridgehead atoms. The highest BCUT2D eigenvalue weighted by molar-refractivity contribution is 8.00. The summed E-state index contributed by atoms with van der Waals surface area (Å²) in [4.78, 5) is 1.31. The molecule has 0 aromatic carbocycles. The van der Waals surface area contributed by atoms with E-state index >= 15 is 0 Å². The molecule has 0 aliphatic carbocycles. The van der Waals surface area contributed by atoms with Crippen LogP contribution in [0.3, 0.4) is 0 Å². The standard InChI is InChI=1S/C11H18ClNS2/c1-11(2,3)14-7-6-13-8-9-4-5-10(12)15-9/h4-5,13H,6-8H2,1-3H3. The molecule has 0 fully saturated rings. The van der Waals surface area contributed by atoms with E-state index in [-0.39, 0.29) is 0 Å². The van der Waals surface area contributed by atoms with E-state index in [1.807, 2.05) is 17.8 Å². The highest BCUT2D eigenvalue weighted by atomic mass is 35.5. The lowest BCUT2D eigenvalue weighted by Crippen LogP contribution is -2.19. The Labute approximate surface area is 106 Å². The van der Waals surface area contributed by atoms with Gasteiger partial charge in [-0.1, -0.05) is 32.4 Å². The minimum Gasteiger partial charge on any atom is -0.311 e. The SMILES string of the molecule is CC(C)(C)SCCNCc1ccc(Cl)s1. The Kier molecular flexibility index (Phi) is 5.47. The number of hydrogen-bond acceptors (Lipinski definition) is 3. The normalized spacial score (nSPS) is 12.0. The van der Waals surface area contributed by atoms with Crippen LogP contribution in [0.25, 0.3) is 0 Å². The Morgan fingerprint density at radius 3 is 2.67 bits per heavy atom. The van der Waals surface area contributed by atoms with Crippen molar-refractivity contribution in [3.63, 3.8) is 0 Å². The molecule has 0 amide bonds. The lowest BCUT2D eigenvalue weighted by molar-refractivity contribution is 0.733. The molecule has 0 saturated heterocycles. The summed E-state index contributed by atoms with van der Waals surface area (Å²) >= 11 is 9.48. The molecule has 0 unspecified atom stereocenters. The van der Waals surface area contributed by atoms with Gasteiger partial charge in [0.15, 0.2) is 0 Å². The molecule has 1 nitrogen and oxygen atoms in total. The monoisotopic (exact) mass is 263 g/mol. The van der Waals surface area contributed by atoms with E-state index in [1.54, 1.807) is 11.3 Å². The van der Waals surface area contributed by atoms with Crippen molar-refractivity contribution in [2.45, 2.75) is 32.1 Å². The van der Waals surface area contributed by atoms with E-state index in [1.165, 1.54) is 4.88 Å². The molecule has 1 aromatic rings. The first-order valence-electron chi connectivity index (χ1n) is 5.06. The largest absolute Gasteiger partial charge is 0.311 e. The average molecular weight is 264 g/mol.